The summed E-state index contributed by atoms with van der Waals surface area (Å²) in [6.07, 6.45) is 4.16. The van der Waals surface area contributed by atoms with E-state index in [0.717, 1.165) is 51.0 Å². The number of anilines is 1. The largest absolute Gasteiger partial charge is 0.354 e. The van der Waals surface area contributed by atoms with Gasteiger partial charge in [0.05, 0.1) is 12.1 Å². The second-order valence-electron chi connectivity index (χ2n) is 7.43. The molecule has 3 N–H and O–H groups in total. The van der Waals surface area contributed by atoms with Gasteiger partial charge in [-0.1, -0.05) is 18.2 Å². The van der Waals surface area contributed by atoms with Gasteiger partial charge in [-0.25, -0.2) is 0 Å². The number of amides is 2. The summed E-state index contributed by atoms with van der Waals surface area (Å²) in [5.74, 6) is 0.548. The molecule has 0 aromatic heterocycles. The maximum Gasteiger partial charge on any atom is 0.241 e. The van der Waals surface area contributed by atoms with E-state index in [4.69, 9.17) is 0 Å². The van der Waals surface area contributed by atoms with Crippen LogP contribution in [0.4, 0.5) is 5.69 Å². The summed E-state index contributed by atoms with van der Waals surface area (Å²) < 4.78 is 0. The lowest BCUT2D eigenvalue weighted by molar-refractivity contribution is -0.124. The lowest BCUT2D eigenvalue weighted by atomic mass is 9.96. The fourth-order valence-corrected chi connectivity index (χ4v) is 3.83. The van der Waals surface area contributed by atoms with Crippen LogP contribution in [0.25, 0.3) is 0 Å². The Labute approximate surface area is 155 Å². The van der Waals surface area contributed by atoms with E-state index < -0.39 is 0 Å². The Bertz CT molecular complexity index is 601. The fraction of sp³-hybridized carbons (Fsp3) is 0.600. The van der Waals surface area contributed by atoms with Gasteiger partial charge in [0.15, 0.2) is 0 Å². The van der Waals surface area contributed by atoms with E-state index in [1.165, 1.54) is 0 Å². The van der Waals surface area contributed by atoms with E-state index in [9.17, 15) is 9.59 Å². The molecular formula is C20H30N4O2. The summed E-state index contributed by atoms with van der Waals surface area (Å²) in [7, 11) is 0. The van der Waals surface area contributed by atoms with Crippen molar-refractivity contribution in [1.82, 2.24) is 15.5 Å². The molecular weight excluding hydrogens is 328 g/mol. The van der Waals surface area contributed by atoms with E-state index >= 15 is 0 Å². The number of carbonyl (C=O) groups is 2. The second-order valence-corrected chi connectivity index (χ2v) is 7.43. The summed E-state index contributed by atoms with van der Waals surface area (Å²) in [6.45, 7) is 5.37. The van der Waals surface area contributed by atoms with Crippen LogP contribution in [-0.4, -0.2) is 55.0 Å². The number of rotatable bonds is 6. The molecule has 0 radical (unpaired) electrons. The Balaban J connectivity index is 1.46. The Morgan fingerprint density at radius 2 is 2.04 bits per heavy atom. The van der Waals surface area contributed by atoms with Crippen LogP contribution >= 0.6 is 0 Å². The number of benzene rings is 1. The molecule has 26 heavy (non-hydrogen) atoms. The summed E-state index contributed by atoms with van der Waals surface area (Å²) >= 11 is 0. The molecule has 3 atom stereocenters. The standard InChI is InChI=1S/C20H30N4O2/c1-15(19(25)23-17-8-3-2-4-9-17)24-12-6-7-16(14-24)13-22-20(26)18-10-5-11-21-18/h2-4,8-9,15-16,18,21H,5-7,10-14H2,1H3,(H,22,26)(H,23,25). The number of likely N-dealkylation sites (tertiary alicyclic amines) is 1. The first-order valence-electron chi connectivity index (χ1n) is 9.74. The third-order valence-electron chi connectivity index (χ3n) is 5.46. The van der Waals surface area contributed by atoms with Crippen molar-refractivity contribution in [1.29, 1.82) is 0 Å². The number of piperidine rings is 1. The quantitative estimate of drug-likeness (QED) is 0.722. The summed E-state index contributed by atoms with van der Waals surface area (Å²) in [5.41, 5.74) is 0.828. The smallest absolute Gasteiger partial charge is 0.241 e. The molecule has 2 aliphatic heterocycles. The lowest BCUT2D eigenvalue weighted by Gasteiger charge is -2.36. The maximum atomic E-state index is 12.5. The van der Waals surface area contributed by atoms with Crippen LogP contribution in [0.1, 0.15) is 32.6 Å². The molecule has 6 heteroatoms. The maximum absolute atomic E-state index is 12.5. The van der Waals surface area contributed by atoms with E-state index in [2.05, 4.69) is 20.9 Å². The van der Waals surface area contributed by atoms with Crippen molar-refractivity contribution in [2.24, 2.45) is 5.92 Å². The van der Waals surface area contributed by atoms with Crippen LogP contribution in [0, 0.1) is 5.92 Å². The van der Waals surface area contributed by atoms with Gasteiger partial charge in [0.25, 0.3) is 0 Å². The molecule has 0 saturated carbocycles. The predicted molar refractivity (Wildman–Crippen MR) is 103 cm³/mol. The van der Waals surface area contributed by atoms with Gasteiger partial charge >= 0.3 is 0 Å². The number of hydrogen-bond donors (Lipinski definition) is 3. The fourth-order valence-electron chi connectivity index (χ4n) is 3.83. The molecule has 2 saturated heterocycles. The van der Waals surface area contributed by atoms with E-state index in [-0.39, 0.29) is 23.9 Å². The van der Waals surface area contributed by atoms with Crippen molar-refractivity contribution in [3.63, 3.8) is 0 Å². The van der Waals surface area contributed by atoms with Crippen LogP contribution in [0.2, 0.25) is 0 Å². The molecule has 0 spiro atoms. The zero-order chi connectivity index (χ0) is 18.4. The molecule has 6 nitrogen and oxygen atoms in total. The van der Waals surface area contributed by atoms with Gasteiger partial charge in [0, 0.05) is 18.8 Å². The normalized spacial score (nSPS) is 24.8. The molecule has 2 heterocycles. The third-order valence-corrected chi connectivity index (χ3v) is 5.46. The third kappa shape index (κ3) is 5.05. The van der Waals surface area contributed by atoms with E-state index in [1.54, 1.807) is 0 Å². The summed E-state index contributed by atoms with van der Waals surface area (Å²) in [4.78, 5) is 26.9. The molecule has 3 rings (SSSR count). The van der Waals surface area contributed by atoms with Gasteiger partial charge in [-0.3, -0.25) is 14.5 Å². The Morgan fingerprint density at radius 3 is 2.77 bits per heavy atom. The average Bonchev–Trinajstić information content (AvgIpc) is 3.21. The molecule has 0 aliphatic carbocycles. The monoisotopic (exact) mass is 358 g/mol. The lowest BCUT2D eigenvalue weighted by Crippen LogP contribution is -2.50. The van der Waals surface area contributed by atoms with Crippen LogP contribution in [0.3, 0.4) is 0 Å². The number of nitrogens with zero attached hydrogens (tertiary/aromatic N) is 1. The minimum Gasteiger partial charge on any atom is -0.354 e. The van der Waals surface area contributed by atoms with Crippen LogP contribution in [0.15, 0.2) is 30.3 Å². The molecule has 2 fully saturated rings. The molecule has 3 unspecified atom stereocenters. The Kier molecular flexibility index (Phi) is 6.63. The van der Waals surface area contributed by atoms with Gasteiger partial charge in [-0.2, -0.15) is 0 Å². The van der Waals surface area contributed by atoms with Crippen molar-refractivity contribution in [2.45, 2.75) is 44.7 Å². The molecule has 1 aromatic carbocycles. The zero-order valence-electron chi connectivity index (χ0n) is 15.5. The first kappa shape index (κ1) is 18.9. The highest BCUT2D eigenvalue weighted by atomic mass is 16.2. The first-order chi connectivity index (χ1) is 12.6. The van der Waals surface area contributed by atoms with Crippen molar-refractivity contribution in [3.8, 4) is 0 Å². The highest BCUT2D eigenvalue weighted by Crippen LogP contribution is 2.19. The van der Waals surface area contributed by atoms with Gasteiger partial charge in [-0.15, -0.1) is 0 Å². The first-order valence-corrected chi connectivity index (χ1v) is 9.74. The number of nitrogens with one attached hydrogen (secondary N) is 3. The predicted octanol–water partition coefficient (Wildman–Crippen LogP) is 1.59. The van der Waals surface area contributed by atoms with Gasteiger partial charge < -0.3 is 16.0 Å². The van der Waals surface area contributed by atoms with Crippen molar-refractivity contribution >= 4 is 17.5 Å². The SMILES string of the molecule is CC(C(=O)Nc1ccccc1)N1CCCC(CNC(=O)C2CCCN2)C1. The summed E-state index contributed by atoms with van der Waals surface area (Å²) in [5, 5.41) is 9.31. The second kappa shape index (κ2) is 9.14. The average molecular weight is 358 g/mol. The summed E-state index contributed by atoms with van der Waals surface area (Å²) in [6, 6.07) is 9.37. The minimum atomic E-state index is -0.176. The number of hydrogen-bond acceptors (Lipinski definition) is 4. The minimum absolute atomic E-state index is 0.0229. The van der Waals surface area contributed by atoms with Crippen molar-refractivity contribution < 1.29 is 9.59 Å². The molecule has 142 valence electrons. The molecule has 1 aromatic rings. The van der Waals surface area contributed by atoms with Crippen LogP contribution < -0.4 is 16.0 Å². The van der Waals surface area contributed by atoms with Crippen molar-refractivity contribution in [3.05, 3.63) is 30.3 Å². The molecule has 2 aliphatic rings. The van der Waals surface area contributed by atoms with Gasteiger partial charge in [-0.05, 0) is 63.7 Å². The Hall–Kier alpha value is -1.92. The highest BCUT2D eigenvalue weighted by molar-refractivity contribution is 5.94. The van der Waals surface area contributed by atoms with Crippen LogP contribution in [0.5, 0.6) is 0 Å². The topological polar surface area (TPSA) is 73.5 Å². The zero-order valence-corrected chi connectivity index (χ0v) is 15.5. The van der Waals surface area contributed by atoms with E-state index in [0.29, 0.717) is 12.5 Å². The Morgan fingerprint density at radius 1 is 1.23 bits per heavy atom. The number of carbonyl (C=O) groups excluding carboxylic acids is 2. The van der Waals surface area contributed by atoms with Crippen LogP contribution in [-0.2, 0) is 9.59 Å². The van der Waals surface area contributed by atoms with Gasteiger partial charge in [0.1, 0.15) is 0 Å². The highest BCUT2D eigenvalue weighted by Gasteiger charge is 2.28. The molecule has 0 bridgehead atoms. The van der Waals surface area contributed by atoms with E-state index in [1.807, 2.05) is 37.3 Å². The molecule has 2 amide bonds. The van der Waals surface area contributed by atoms with Gasteiger partial charge in [0.2, 0.25) is 11.8 Å². The number of para-hydroxylation sites is 1. The van der Waals surface area contributed by atoms with Crippen molar-refractivity contribution in [2.75, 3.05) is 31.5 Å².